The molecule has 0 amide bonds. The minimum atomic E-state index is -0.610. The van der Waals surface area contributed by atoms with Crippen molar-refractivity contribution in [2.24, 2.45) is 16.6 Å². The number of halogens is 1. The highest BCUT2D eigenvalue weighted by atomic mass is 127. The maximum absolute atomic E-state index is 9.88. The molecule has 0 heterocycles. The number of nitrogens with one attached hydrogen (secondary N) is 1. The minimum absolute atomic E-state index is 0. The molecule has 1 aliphatic carbocycles. The molecule has 1 atom stereocenters. The molecule has 1 aromatic carbocycles. The predicted molar refractivity (Wildman–Crippen MR) is 110 cm³/mol. The highest BCUT2D eigenvalue weighted by Gasteiger charge is 2.21. The summed E-state index contributed by atoms with van der Waals surface area (Å²) in [7, 11) is 0. The van der Waals surface area contributed by atoms with E-state index in [0.717, 1.165) is 25.1 Å². The van der Waals surface area contributed by atoms with Gasteiger partial charge in [-0.15, -0.1) is 24.0 Å². The first-order valence-corrected chi connectivity index (χ1v) is 8.57. The van der Waals surface area contributed by atoms with E-state index in [4.69, 9.17) is 10.5 Å². The Bertz CT molecular complexity index is 511. The van der Waals surface area contributed by atoms with Gasteiger partial charge in [-0.25, -0.2) is 0 Å². The van der Waals surface area contributed by atoms with E-state index >= 15 is 0 Å². The Morgan fingerprint density at radius 1 is 1.33 bits per heavy atom. The Morgan fingerprint density at radius 2 is 1.96 bits per heavy atom. The molecule has 0 aliphatic heterocycles. The van der Waals surface area contributed by atoms with Crippen LogP contribution in [0.5, 0.6) is 0 Å². The number of para-hydroxylation sites is 1. The molecule has 2 rings (SSSR count). The van der Waals surface area contributed by atoms with Crippen molar-refractivity contribution < 1.29 is 9.84 Å². The smallest absolute Gasteiger partial charge is 0.193 e. The van der Waals surface area contributed by atoms with E-state index in [9.17, 15) is 5.11 Å². The van der Waals surface area contributed by atoms with Crippen molar-refractivity contribution in [2.75, 3.05) is 25.1 Å². The fourth-order valence-corrected chi connectivity index (χ4v) is 2.48. The second-order valence-corrected chi connectivity index (χ2v) is 6.14. The first-order valence-electron chi connectivity index (χ1n) is 8.57. The number of aliphatic hydroxyl groups excluding tert-OH is 1. The van der Waals surface area contributed by atoms with Gasteiger partial charge in [-0.05, 0) is 42.7 Å². The summed E-state index contributed by atoms with van der Waals surface area (Å²) in [6, 6.07) is 6.25. The van der Waals surface area contributed by atoms with Crippen LogP contribution in [0, 0.1) is 5.92 Å². The van der Waals surface area contributed by atoms with Crippen LogP contribution in [0.15, 0.2) is 23.2 Å². The predicted octanol–water partition coefficient (Wildman–Crippen LogP) is 2.94. The van der Waals surface area contributed by atoms with Gasteiger partial charge in [0.2, 0.25) is 0 Å². The molecule has 0 saturated heterocycles. The van der Waals surface area contributed by atoms with Crippen LogP contribution in [0.2, 0.25) is 0 Å². The Labute approximate surface area is 162 Å². The molecule has 1 saturated carbocycles. The van der Waals surface area contributed by atoms with Crippen LogP contribution in [-0.2, 0) is 17.6 Å². The zero-order valence-corrected chi connectivity index (χ0v) is 17.0. The number of rotatable bonds is 9. The normalized spacial score (nSPS) is 15.7. The molecular weight excluding hydrogens is 417 g/mol. The van der Waals surface area contributed by atoms with Crippen LogP contribution >= 0.6 is 24.0 Å². The monoisotopic (exact) mass is 447 g/mol. The lowest BCUT2D eigenvalue weighted by atomic mass is 10.0. The standard InChI is InChI=1S/C18H29N3O2.HI/c1-3-14-6-5-7-15(4-2)17(14)21-18(19)20-10-16(22)12-23-11-13-8-9-13;/h5-7,13,16,22H,3-4,8-12H2,1-2H3,(H3,19,20,21);1H. The topological polar surface area (TPSA) is 79.9 Å². The van der Waals surface area contributed by atoms with Crippen LogP contribution in [0.25, 0.3) is 0 Å². The van der Waals surface area contributed by atoms with Crippen LogP contribution in [0.4, 0.5) is 5.69 Å². The van der Waals surface area contributed by atoms with Crippen molar-refractivity contribution in [2.45, 2.75) is 45.6 Å². The van der Waals surface area contributed by atoms with E-state index in [1.54, 1.807) is 0 Å². The van der Waals surface area contributed by atoms with Crippen molar-refractivity contribution >= 4 is 35.6 Å². The molecule has 0 radical (unpaired) electrons. The number of ether oxygens (including phenoxy) is 1. The number of nitrogens with two attached hydrogens (primary N) is 1. The number of benzene rings is 1. The van der Waals surface area contributed by atoms with Crippen molar-refractivity contribution in [3.8, 4) is 0 Å². The Morgan fingerprint density at radius 3 is 2.50 bits per heavy atom. The molecule has 1 unspecified atom stereocenters. The van der Waals surface area contributed by atoms with Crippen LogP contribution in [0.1, 0.15) is 37.8 Å². The van der Waals surface area contributed by atoms with Gasteiger partial charge in [-0.2, -0.15) is 0 Å². The zero-order valence-electron chi connectivity index (χ0n) is 14.6. The summed E-state index contributed by atoms with van der Waals surface area (Å²) < 4.78 is 5.46. The summed E-state index contributed by atoms with van der Waals surface area (Å²) >= 11 is 0. The highest BCUT2D eigenvalue weighted by Crippen LogP contribution is 2.28. The molecular formula is C18H30IN3O2. The van der Waals surface area contributed by atoms with E-state index in [-0.39, 0.29) is 30.5 Å². The van der Waals surface area contributed by atoms with Crippen molar-refractivity contribution in [3.63, 3.8) is 0 Å². The number of hydrogen-bond donors (Lipinski definition) is 3. The van der Waals surface area contributed by atoms with Crippen molar-refractivity contribution in [3.05, 3.63) is 29.3 Å². The number of hydrogen-bond acceptors (Lipinski definition) is 3. The summed E-state index contributed by atoms with van der Waals surface area (Å²) in [4.78, 5) is 4.24. The number of aliphatic imine (C=N–C) groups is 1. The van der Waals surface area contributed by atoms with Crippen LogP contribution in [0.3, 0.4) is 0 Å². The molecule has 24 heavy (non-hydrogen) atoms. The molecule has 1 fully saturated rings. The van der Waals surface area contributed by atoms with Gasteiger partial charge in [0, 0.05) is 12.3 Å². The van der Waals surface area contributed by atoms with E-state index in [1.165, 1.54) is 24.0 Å². The number of guanidine groups is 1. The second kappa shape index (κ2) is 10.9. The Kier molecular flexibility index (Phi) is 9.61. The van der Waals surface area contributed by atoms with Gasteiger partial charge in [0.05, 0.1) is 19.3 Å². The Hall–Kier alpha value is -0.860. The fraction of sp³-hybridized carbons (Fsp3) is 0.611. The molecule has 1 aliphatic rings. The molecule has 136 valence electrons. The van der Waals surface area contributed by atoms with E-state index in [0.29, 0.717) is 18.5 Å². The lowest BCUT2D eigenvalue weighted by Crippen LogP contribution is -2.27. The van der Waals surface area contributed by atoms with Crippen molar-refractivity contribution in [1.82, 2.24) is 0 Å². The molecule has 0 aromatic heterocycles. The SMILES string of the molecule is CCc1cccc(CC)c1NC(N)=NCC(O)COCC1CC1.I. The molecule has 5 nitrogen and oxygen atoms in total. The van der Waals surface area contributed by atoms with Gasteiger partial charge in [-0.1, -0.05) is 32.0 Å². The first-order chi connectivity index (χ1) is 11.1. The third-order valence-corrected chi connectivity index (χ3v) is 4.09. The molecule has 0 bridgehead atoms. The maximum Gasteiger partial charge on any atom is 0.193 e. The molecule has 1 aromatic rings. The minimum Gasteiger partial charge on any atom is -0.389 e. The largest absolute Gasteiger partial charge is 0.389 e. The molecule has 4 N–H and O–H groups in total. The second-order valence-electron chi connectivity index (χ2n) is 6.14. The summed E-state index contributed by atoms with van der Waals surface area (Å²) in [5.74, 6) is 1.04. The molecule has 0 spiro atoms. The number of aryl methyl sites for hydroxylation is 2. The van der Waals surface area contributed by atoms with Gasteiger partial charge < -0.3 is 20.9 Å². The van der Waals surface area contributed by atoms with Crippen LogP contribution < -0.4 is 11.1 Å². The zero-order chi connectivity index (χ0) is 16.7. The van der Waals surface area contributed by atoms with Gasteiger partial charge >= 0.3 is 0 Å². The average Bonchev–Trinajstić information content (AvgIpc) is 3.37. The third-order valence-electron chi connectivity index (χ3n) is 4.09. The van der Waals surface area contributed by atoms with E-state index in [1.807, 2.05) is 0 Å². The quantitative estimate of drug-likeness (QED) is 0.309. The number of nitrogens with zero attached hydrogens (tertiary/aromatic N) is 1. The van der Waals surface area contributed by atoms with E-state index < -0.39 is 6.10 Å². The van der Waals surface area contributed by atoms with Gasteiger partial charge in [0.1, 0.15) is 0 Å². The summed E-state index contributed by atoms with van der Waals surface area (Å²) in [6.45, 7) is 5.55. The number of anilines is 1. The average molecular weight is 447 g/mol. The summed E-state index contributed by atoms with van der Waals surface area (Å²) in [5.41, 5.74) is 9.45. The lowest BCUT2D eigenvalue weighted by molar-refractivity contribution is 0.0369. The maximum atomic E-state index is 9.88. The summed E-state index contributed by atoms with van der Waals surface area (Å²) in [5, 5.41) is 13.1. The third kappa shape index (κ3) is 6.94. The van der Waals surface area contributed by atoms with Gasteiger partial charge in [0.25, 0.3) is 0 Å². The van der Waals surface area contributed by atoms with E-state index in [2.05, 4.69) is 42.4 Å². The van der Waals surface area contributed by atoms with Gasteiger partial charge in [0.15, 0.2) is 5.96 Å². The fourth-order valence-electron chi connectivity index (χ4n) is 2.48. The summed E-state index contributed by atoms with van der Waals surface area (Å²) in [6.07, 6.45) is 3.76. The van der Waals surface area contributed by atoms with Gasteiger partial charge in [-0.3, -0.25) is 4.99 Å². The molecule has 6 heteroatoms. The van der Waals surface area contributed by atoms with Crippen LogP contribution in [-0.4, -0.2) is 36.9 Å². The highest BCUT2D eigenvalue weighted by molar-refractivity contribution is 14.0. The Balaban J connectivity index is 0.00000288. The lowest BCUT2D eigenvalue weighted by Gasteiger charge is -2.15. The van der Waals surface area contributed by atoms with Crippen molar-refractivity contribution in [1.29, 1.82) is 0 Å². The number of aliphatic hydroxyl groups is 1. The first kappa shape index (κ1) is 21.2.